The zero-order valence-corrected chi connectivity index (χ0v) is 13.0. The van der Waals surface area contributed by atoms with Gasteiger partial charge in [0.05, 0.1) is 0 Å². The van der Waals surface area contributed by atoms with Gasteiger partial charge in [0.15, 0.2) is 0 Å². The van der Waals surface area contributed by atoms with Gasteiger partial charge in [0.2, 0.25) is 5.91 Å². The Morgan fingerprint density at radius 1 is 1.18 bits per heavy atom. The van der Waals surface area contributed by atoms with Crippen molar-refractivity contribution in [1.82, 2.24) is 0 Å². The highest BCUT2D eigenvalue weighted by atomic mass is 16.5. The van der Waals surface area contributed by atoms with Crippen molar-refractivity contribution in [2.75, 3.05) is 24.7 Å². The van der Waals surface area contributed by atoms with Gasteiger partial charge in [-0.15, -0.1) is 0 Å². The summed E-state index contributed by atoms with van der Waals surface area (Å²) < 4.78 is 5.57. The lowest BCUT2D eigenvalue weighted by molar-refractivity contribution is -0.122. The van der Waals surface area contributed by atoms with Crippen molar-refractivity contribution < 1.29 is 9.53 Å². The Morgan fingerprint density at radius 3 is 2.77 bits per heavy atom. The number of carbonyl (C=O) groups is 1. The minimum absolute atomic E-state index is 0.120. The standard InChI is InChI=1S/C19H23NO2/c21-18(15-6-2-1-3-7-15)20-14-19(10-12-22-13-11-19)16-8-4-5-9-17(16)20/h1-2,4-5,8-9,15H,3,6-7,10-14H2/t15-/m1/s1. The summed E-state index contributed by atoms with van der Waals surface area (Å²) in [5.74, 6) is 0.480. The normalized spacial score (nSPS) is 26.2. The Labute approximate surface area is 132 Å². The fourth-order valence-electron chi connectivity index (χ4n) is 4.25. The monoisotopic (exact) mass is 297 g/mol. The van der Waals surface area contributed by atoms with Crippen LogP contribution in [0.25, 0.3) is 0 Å². The van der Waals surface area contributed by atoms with Crippen molar-refractivity contribution in [2.24, 2.45) is 5.92 Å². The van der Waals surface area contributed by atoms with Crippen LogP contribution in [-0.4, -0.2) is 25.7 Å². The van der Waals surface area contributed by atoms with E-state index in [9.17, 15) is 4.79 Å². The predicted molar refractivity (Wildman–Crippen MR) is 87.0 cm³/mol. The number of carbonyl (C=O) groups excluding carboxylic acids is 1. The fraction of sp³-hybridized carbons (Fsp3) is 0.526. The van der Waals surface area contributed by atoms with E-state index in [0.717, 1.165) is 57.6 Å². The molecule has 3 nitrogen and oxygen atoms in total. The molecule has 1 aromatic carbocycles. The van der Waals surface area contributed by atoms with Gasteiger partial charge in [-0.05, 0) is 43.7 Å². The minimum Gasteiger partial charge on any atom is -0.381 e. The lowest BCUT2D eigenvalue weighted by atomic mass is 9.76. The number of para-hydroxylation sites is 1. The van der Waals surface area contributed by atoms with E-state index in [1.807, 2.05) is 0 Å². The molecule has 0 saturated carbocycles. The number of nitrogens with zero attached hydrogens (tertiary/aromatic N) is 1. The molecular formula is C19H23NO2. The maximum Gasteiger partial charge on any atom is 0.230 e. The second kappa shape index (κ2) is 5.54. The number of hydrogen-bond donors (Lipinski definition) is 0. The molecule has 2 heterocycles. The Kier molecular flexibility index (Phi) is 3.53. The van der Waals surface area contributed by atoms with Crippen LogP contribution in [0, 0.1) is 5.92 Å². The van der Waals surface area contributed by atoms with Gasteiger partial charge >= 0.3 is 0 Å². The quantitative estimate of drug-likeness (QED) is 0.743. The van der Waals surface area contributed by atoms with Gasteiger partial charge in [-0.2, -0.15) is 0 Å². The summed E-state index contributed by atoms with van der Waals surface area (Å²) >= 11 is 0. The third-order valence-corrected chi connectivity index (χ3v) is 5.56. The summed E-state index contributed by atoms with van der Waals surface area (Å²) in [6.45, 7) is 2.46. The van der Waals surface area contributed by atoms with E-state index in [1.165, 1.54) is 5.56 Å². The molecule has 0 radical (unpaired) electrons. The number of amides is 1. The van der Waals surface area contributed by atoms with Crippen molar-refractivity contribution in [3.05, 3.63) is 42.0 Å². The van der Waals surface area contributed by atoms with Crippen LogP contribution >= 0.6 is 0 Å². The number of ether oxygens (including phenoxy) is 1. The van der Waals surface area contributed by atoms with E-state index in [4.69, 9.17) is 4.74 Å². The highest BCUT2D eigenvalue weighted by Gasteiger charge is 2.46. The van der Waals surface area contributed by atoms with Crippen molar-refractivity contribution in [2.45, 2.75) is 37.5 Å². The molecule has 116 valence electrons. The van der Waals surface area contributed by atoms with Gasteiger partial charge in [0.1, 0.15) is 0 Å². The second-order valence-electron chi connectivity index (χ2n) is 6.82. The maximum atomic E-state index is 13.0. The molecule has 22 heavy (non-hydrogen) atoms. The van der Waals surface area contributed by atoms with E-state index in [2.05, 4.69) is 41.3 Å². The summed E-state index contributed by atoms with van der Waals surface area (Å²) in [7, 11) is 0. The summed E-state index contributed by atoms with van der Waals surface area (Å²) in [5.41, 5.74) is 2.62. The Morgan fingerprint density at radius 2 is 2.00 bits per heavy atom. The molecule has 1 atom stereocenters. The van der Waals surface area contributed by atoms with Gasteiger partial charge in [0.25, 0.3) is 0 Å². The predicted octanol–water partition coefficient (Wildman–Crippen LogP) is 3.44. The molecule has 1 aliphatic carbocycles. The Hall–Kier alpha value is -1.61. The van der Waals surface area contributed by atoms with Crippen LogP contribution in [0.5, 0.6) is 0 Å². The van der Waals surface area contributed by atoms with Crippen molar-refractivity contribution in [3.63, 3.8) is 0 Å². The third-order valence-electron chi connectivity index (χ3n) is 5.56. The second-order valence-corrected chi connectivity index (χ2v) is 6.82. The number of rotatable bonds is 1. The molecule has 4 rings (SSSR count). The van der Waals surface area contributed by atoms with Gasteiger partial charge in [-0.3, -0.25) is 4.79 Å². The number of fused-ring (bicyclic) bond motifs is 2. The average Bonchev–Trinajstić information content (AvgIpc) is 2.90. The molecule has 1 saturated heterocycles. The minimum atomic E-state index is 0.120. The van der Waals surface area contributed by atoms with Crippen LogP contribution in [0.1, 0.15) is 37.7 Å². The van der Waals surface area contributed by atoms with Crippen molar-refractivity contribution in [1.29, 1.82) is 0 Å². The molecule has 1 spiro atoms. The molecule has 3 heteroatoms. The number of anilines is 1. The van der Waals surface area contributed by atoms with E-state index in [1.54, 1.807) is 0 Å². The first-order chi connectivity index (χ1) is 10.8. The summed E-state index contributed by atoms with van der Waals surface area (Å²) in [5, 5.41) is 0. The zero-order valence-electron chi connectivity index (χ0n) is 13.0. The van der Waals surface area contributed by atoms with Crippen LogP contribution in [0.2, 0.25) is 0 Å². The molecule has 1 amide bonds. The number of allylic oxidation sites excluding steroid dienone is 2. The molecule has 0 aromatic heterocycles. The fourth-order valence-corrected chi connectivity index (χ4v) is 4.25. The van der Waals surface area contributed by atoms with Crippen molar-refractivity contribution in [3.8, 4) is 0 Å². The average molecular weight is 297 g/mol. The molecule has 0 unspecified atom stereocenters. The Bertz CT molecular complexity index is 601. The van der Waals surface area contributed by atoms with Crippen LogP contribution in [0.4, 0.5) is 5.69 Å². The molecule has 1 fully saturated rings. The van der Waals surface area contributed by atoms with E-state index in [-0.39, 0.29) is 11.3 Å². The first-order valence-corrected chi connectivity index (χ1v) is 8.44. The number of benzene rings is 1. The van der Waals surface area contributed by atoms with E-state index < -0.39 is 0 Å². The number of hydrogen-bond acceptors (Lipinski definition) is 2. The first-order valence-electron chi connectivity index (χ1n) is 8.44. The maximum absolute atomic E-state index is 13.0. The topological polar surface area (TPSA) is 29.5 Å². The third kappa shape index (κ3) is 2.19. The van der Waals surface area contributed by atoms with Gasteiger partial charge in [-0.25, -0.2) is 0 Å². The van der Waals surface area contributed by atoms with E-state index >= 15 is 0 Å². The SMILES string of the molecule is O=C([C@@H]1CC=CCC1)N1CC2(CCOCC2)c2ccccc21. The summed E-state index contributed by atoms with van der Waals surface area (Å²) in [6.07, 6.45) is 9.33. The van der Waals surface area contributed by atoms with Crippen LogP contribution in [0.3, 0.4) is 0 Å². The molecule has 0 N–H and O–H groups in total. The van der Waals surface area contributed by atoms with Crippen molar-refractivity contribution >= 4 is 11.6 Å². The van der Waals surface area contributed by atoms with Crippen LogP contribution in [0.15, 0.2) is 36.4 Å². The summed E-state index contributed by atoms with van der Waals surface area (Å²) in [6, 6.07) is 8.50. The Balaban J connectivity index is 1.67. The van der Waals surface area contributed by atoms with Gasteiger partial charge in [0, 0.05) is 36.8 Å². The van der Waals surface area contributed by atoms with Gasteiger partial charge < -0.3 is 9.64 Å². The highest BCUT2D eigenvalue weighted by molar-refractivity contribution is 5.98. The lowest BCUT2D eigenvalue weighted by Crippen LogP contribution is -2.42. The van der Waals surface area contributed by atoms with Gasteiger partial charge in [-0.1, -0.05) is 30.4 Å². The largest absolute Gasteiger partial charge is 0.381 e. The molecule has 2 aliphatic heterocycles. The van der Waals surface area contributed by atoms with Crippen LogP contribution < -0.4 is 4.90 Å². The smallest absolute Gasteiger partial charge is 0.230 e. The van der Waals surface area contributed by atoms with Crippen LogP contribution in [-0.2, 0) is 14.9 Å². The molecular weight excluding hydrogens is 274 g/mol. The lowest BCUT2D eigenvalue weighted by Gasteiger charge is -2.34. The van der Waals surface area contributed by atoms with E-state index in [0.29, 0.717) is 5.91 Å². The first kappa shape index (κ1) is 14.0. The highest BCUT2D eigenvalue weighted by Crippen LogP contribution is 2.47. The zero-order chi connectivity index (χ0) is 15.0. The summed E-state index contributed by atoms with van der Waals surface area (Å²) in [4.78, 5) is 15.1. The molecule has 1 aromatic rings. The molecule has 3 aliphatic rings. The molecule has 0 bridgehead atoms.